The molecular formula is C19H17N5O2. The van der Waals surface area contributed by atoms with Crippen molar-refractivity contribution in [1.29, 1.82) is 0 Å². The van der Waals surface area contributed by atoms with E-state index in [4.69, 9.17) is 4.52 Å². The highest BCUT2D eigenvalue weighted by Crippen LogP contribution is 2.32. The molecule has 0 aliphatic carbocycles. The zero-order valence-corrected chi connectivity index (χ0v) is 14.4. The van der Waals surface area contributed by atoms with E-state index in [0.29, 0.717) is 33.7 Å². The third-order valence-electron chi connectivity index (χ3n) is 4.19. The molecular weight excluding hydrogens is 330 g/mol. The van der Waals surface area contributed by atoms with Gasteiger partial charge in [-0.05, 0) is 19.1 Å². The minimum atomic E-state index is -0.228. The van der Waals surface area contributed by atoms with Crippen molar-refractivity contribution in [3.63, 3.8) is 0 Å². The van der Waals surface area contributed by atoms with Crippen LogP contribution in [0.5, 0.6) is 0 Å². The van der Waals surface area contributed by atoms with E-state index in [1.807, 2.05) is 49.5 Å². The fourth-order valence-electron chi connectivity index (χ4n) is 2.86. The Kier molecular flexibility index (Phi) is 3.96. The highest BCUT2D eigenvalue weighted by atomic mass is 16.5. The molecule has 1 amide bonds. The molecule has 0 saturated carbocycles. The fourth-order valence-corrected chi connectivity index (χ4v) is 2.86. The van der Waals surface area contributed by atoms with Gasteiger partial charge in [-0.1, -0.05) is 35.5 Å². The van der Waals surface area contributed by atoms with E-state index in [0.717, 1.165) is 12.1 Å². The number of carbonyl (C=O) groups is 1. The van der Waals surface area contributed by atoms with Gasteiger partial charge in [-0.2, -0.15) is 5.10 Å². The maximum absolute atomic E-state index is 12.5. The third-order valence-corrected chi connectivity index (χ3v) is 4.19. The second-order valence-corrected chi connectivity index (χ2v) is 5.77. The summed E-state index contributed by atoms with van der Waals surface area (Å²) in [7, 11) is 1.59. The number of nitrogens with zero attached hydrogens (tertiary/aromatic N) is 4. The number of nitrogens with one attached hydrogen (secondary N) is 1. The Labute approximate surface area is 149 Å². The summed E-state index contributed by atoms with van der Waals surface area (Å²) in [5, 5.41) is 11.9. The molecule has 4 rings (SSSR count). The number of amides is 1. The van der Waals surface area contributed by atoms with Crippen LogP contribution in [0.3, 0.4) is 0 Å². The lowest BCUT2D eigenvalue weighted by atomic mass is 10.0. The van der Waals surface area contributed by atoms with E-state index in [9.17, 15) is 4.79 Å². The van der Waals surface area contributed by atoms with Crippen LogP contribution in [0, 0.1) is 0 Å². The molecule has 7 heteroatoms. The normalized spacial score (nSPS) is 11.0. The van der Waals surface area contributed by atoms with Gasteiger partial charge in [0.05, 0.1) is 16.6 Å². The lowest BCUT2D eigenvalue weighted by molar-refractivity contribution is 0.0964. The van der Waals surface area contributed by atoms with Crippen molar-refractivity contribution in [3.8, 4) is 22.6 Å². The SMILES string of the molecule is CCn1ccc(-c2cc(C(=O)NC)c3c(-c4ccccc4)noc3n2)n1. The van der Waals surface area contributed by atoms with E-state index in [-0.39, 0.29) is 5.91 Å². The average Bonchev–Trinajstić information content (AvgIpc) is 3.34. The van der Waals surface area contributed by atoms with Crippen molar-refractivity contribution in [2.75, 3.05) is 7.05 Å². The van der Waals surface area contributed by atoms with Crippen molar-refractivity contribution in [2.24, 2.45) is 0 Å². The van der Waals surface area contributed by atoms with Crippen LogP contribution in [0.15, 0.2) is 53.2 Å². The first-order valence-electron chi connectivity index (χ1n) is 8.33. The molecule has 0 atom stereocenters. The standard InChI is InChI=1S/C19H17N5O2/c1-3-24-10-9-14(22-24)15-11-13(18(25)20-2)16-17(23-26-19(16)21-15)12-7-5-4-6-8-12/h4-11H,3H2,1-2H3,(H,20,25). The summed E-state index contributed by atoms with van der Waals surface area (Å²) in [5.74, 6) is -0.228. The van der Waals surface area contributed by atoms with Gasteiger partial charge in [0.25, 0.3) is 11.6 Å². The van der Waals surface area contributed by atoms with Crippen molar-refractivity contribution in [2.45, 2.75) is 13.5 Å². The first kappa shape index (κ1) is 16.0. The maximum Gasteiger partial charge on any atom is 0.259 e. The van der Waals surface area contributed by atoms with Crippen LogP contribution in [0.25, 0.3) is 33.7 Å². The molecule has 0 aliphatic rings. The topological polar surface area (TPSA) is 85.8 Å². The van der Waals surface area contributed by atoms with E-state index in [2.05, 4.69) is 20.6 Å². The van der Waals surface area contributed by atoms with Crippen molar-refractivity contribution in [1.82, 2.24) is 25.2 Å². The Hall–Kier alpha value is -3.48. The number of pyridine rings is 1. The molecule has 4 aromatic rings. The number of rotatable bonds is 4. The number of carbonyl (C=O) groups excluding carboxylic acids is 1. The minimum Gasteiger partial charge on any atom is -0.355 e. The van der Waals surface area contributed by atoms with Crippen LogP contribution in [0.4, 0.5) is 0 Å². The van der Waals surface area contributed by atoms with Crippen LogP contribution >= 0.6 is 0 Å². The molecule has 3 heterocycles. The molecule has 3 aromatic heterocycles. The number of aromatic nitrogens is 4. The Bertz CT molecular complexity index is 1080. The molecule has 0 aliphatic heterocycles. The summed E-state index contributed by atoms with van der Waals surface area (Å²) in [6.45, 7) is 2.76. The van der Waals surface area contributed by atoms with Gasteiger partial charge in [0.2, 0.25) is 0 Å². The molecule has 26 heavy (non-hydrogen) atoms. The second-order valence-electron chi connectivity index (χ2n) is 5.77. The summed E-state index contributed by atoms with van der Waals surface area (Å²) in [5.41, 5.74) is 3.47. The maximum atomic E-state index is 12.5. The predicted molar refractivity (Wildman–Crippen MR) is 97.5 cm³/mol. The van der Waals surface area contributed by atoms with Crippen molar-refractivity contribution in [3.05, 3.63) is 54.2 Å². The lowest BCUT2D eigenvalue weighted by Crippen LogP contribution is -2.18. The molecule has 0 bridgehead atoms. The first-order chi connectivity index (χ1) is 12.7. The quantitative estimate of drug-likeness (QED) is 0.613. The molecule has 0 saturated heterocycles. The van der Waals surface area contributed by atoms with Crippen LogP contribution < -0.4 is 5.32 Å². The van der Waals surface area contributed by atoms with Crippen LogP contribution in [-0.4, -0.2) is 32.9 Å². The van der Waals surface area contributed by atoms with Gasteiger partial charge in [0.1, 0.15) is 11.4 Å². The number of fused-ring (bicyclic) bond motifs is 1. The summed E-state index contributed by atoms with van der Waals surface area (Å²) >= 11 is 0. The van der Waals surface area contributed by atoms with E-state index < -0.39 is 0 Å². The van der Waals surface area contributed by atoms with Gasteiger partial charge in [-0.3, -0.25) is 9.48 Å². The lowest BCUT2D eigenvalue weighted by Gasteiger charge is -2.05. The van der Waals surface area contributed by atoms with Crippen molar-refractivity contribution < 1.29 is 9.32 Å². The number of benzene rings is 1. The Morgan fingerprint density at radius 2 is 2.00 bits per heavy atom. The van der Waals surface area contributed by atoms with Crippen LogP contribution in [0.2, 0.25) is 0 Å². The predicted octanol–water partition coefficient (Wildman–Crippen LogP) is 3.13. The molecule has 0 fully saturated rings. The Morgan fingerprint density at radius 1 is 1.19 bits per heavy atom. The van der Waals surface area contributed by atoms with Gasteiger partial charge >= 0.3 is 0 Å². The van der Waals surface area contributed by atoms with Gasteiger partial charge in [0, 0.05) is 25.4 Å². The number of hydrogen-bond donors (Lipinski definition) is 1. The Balaban J connectivity index is 1.95. The zero-order valence-electron chi connectivity index (χ0n) is 14.4. The van der Waals surface area contributed by atoms with E-state index in [1.54, 1.807) is 17.8 Å². The van der Waals surface area contributed by atoms with Crippen molar-refractivity contribution >= 4 is 17.0 Å². The summed E-state index contributed by atoms with van der Waals surface area (Å²) in [6.07, 6.45) is 1.87. The summed E-state index contributed by atoms with van der Waals surface area (Å²) < 4.78 is 7.26. The zero-order chi connectivity index (χ0) is 18.1. The molecule has 1 aromatic carbocycles. The first-order valence-corrected chi connectivity index (χ1v) is 8.33. The smallest absolute Gasteiger partial charge is 0.259 e. The molecule has 130 valence electrons. The highest BCUT2D eigenvalue weighted by Gasteiger charge is 2.22. The van der Waals surface area contributed by atoms with Crippen LogP contribution in [-0.2, 0) is 6.54 Å². The molecule has 1 N–H and O–H groups in total. The molecule has 0 radical (unpaired) electrons. The second kappa shape index (κ2) is 6.44. The van der Waals surface area contributed by atoms with Gasteiger partial charge < -0.3 is 9.84 Å². The number of hydrogen-bond acceptors (Lipinski definition) is 5. The van der Waals surface area contributed by atoms with E-state index >= 15 is 0 Å². The summed E-state index contributed by atoms with van der Waals surface area (Å²) in [6, 6.07) is 13.2. The van der Waals surface area contributed by atoms with Crippen LogP contribution in [0.1, 0.15) is 17.3 Å². The fraction of sp³-hybridized carbons (Fsp3) is 0.158. The van der Waals surface area contributed by atoms with Gasteiger partial charge in [-0.25, -0.2) is 4.98 Å². The monoisotopic (exact) mass is 347 g/mol. The Morgan fingerprint density at radius 3 is 2.69 bits per heavy atom. The van der Waals surface area contributed by atoms with E-state index in [1.165, 1.54) is 0 Å². The molecule has 0 spiro atoms. The average molecular weight is 347 g/mol. The molecule has 7 nitrogen and oxygen atoms in total. The number of aryl methyl sites for hydroxylation is 1. The van der Waals surface area contributed by atoms with Gasteiger partial charge in [0.15, 0.2) is 0 Å². The largest absolute Gasteiger partial charge is 0.355 e. The molecule has 0 unspecified atom stereocenters. The third kappa shape index (κ3) is 2.63. The summed E-state index contributed by atoms with van der Waals surface area (Å²) in [4.78, 5) is 17.1. The van der Waals surface area contributed by atoms with Gasteiger partial charge in [-0.15, -0.1) is 0 Å². The highest BCUT2D eigenvalue weighted by molar-refractivity contribution is 6.10. The minimum absolute atomic E-state index is 0.228.